The van der Waals surface area contributed by atoms with E-state index in [4.69, 9.17) is 4.74 Å². The highest BCUT2D eigenvalue weighted by Gasteiger charge is 2.35. The summed E-state index contributed by atoms with van der Waals surface area (Å²) < 4.78 is 120. The molecule has 5 aromatic rings. The van der Waals surface area contributed by atoms with E-state index in [1.807, 2.05) is 12.1 Å². The fraction of sp³-hybridized carbons (Fsp3) is 0.167. The Morgan fingerprint density at radius 2 is 1.07 bits per heavy atom. The van der Waals surface area contributed by atoms with Crippen LogP contribution in [0.4, 0.5) is 35.1 Å². The van der Waals surface area contributed by atoms with Crippen molar-refractivity contribution in [3.05, 3.63) is 137 Å². The zero-order valence-electron chi connectivity index (χ0n) is 23.9. The largest absolute Gasteiger partial charge is 0.429 e. The Labute approximate surface area is 254 Å². The van der Waals surface area contributed by atoms with Crippen LogP contribution in [0.15, 0.2) is 91.0 Å². The first-order chi connectivity index (χ1) is 21.5. The average Bonchev–Trinajstić information content (AvgIpc) is 3.01. The highest BCUT2D eigenvalue weighted by molar-refractivity contribution is 5.72. The van der Waals surface area contributed by atoms with E-state index in [9.17, 15) is 26.3 Å². The fourth-order valence-corrected chi connectivity index (χ4v) is 4.98. The van der Waals surface area contributed by atoms with Gasteiger partial charge in [-0.15, -0.1) is 0 Å². The summed E-state index contributed by atoms with van der Waals surface area (Å²) in [5.41, 5.74) is 0.317. The summed E-state index contributed by atoms with van der Waals surface area (Å²) in [5, 5.41) is 0. The van der Waals surface area contributed by atoms with Crippen molar-refractivity contribution in [3.8, 4) is 39.1 Å². The molecular formula is C36H26F8O. The molecule has 0 aromatic heterocycles. The molecule has 1 nitrogen and oxygen atoms in total. The molecule has 0 amide bonds. The van der Waals surface area contributed by atoms with Gasteiger partial charge in [0.2, 0.25) is 0 Å². The smallest absolute Gasteiger partial charge is 0.426 e. The first-order valence-corrected chi connectivity index (χ1v) is 14.2. The Bertz CT molecular complexity index is 1790. The number of alkyl halides is 2. The van der Waals surface area contributed by atoms with E-state index in [0.29, 0.717) is 23.8 Å². The molecule has 0 saturated heterocycles. The van der Waals surface area contributed by atoms with E-state index in [1.165, 1.54) is 24.3 Å². The van der Waals surface area contributed by atoms with Gasteiger partial charge in [0, 0.05) is 22.8 Å². The number of aryl methyl sites for hydroxylation is 1. The summed E-state index contributed by atoms with van der Waals surface area (Å²) in [4.78, 5) is 0. The Kier molecular flexibility index (Phi) is 9.27. The molecule has 5 aromatic carbocycles. The van der Waals surface area contributed by atoms with Crippen molar-refractivity contribution in [2.75, 3.05) is 0 Å². The Hall–Kier alpha value is -4.66. The summed E-state index contributed by atoms with van der Waals surface area (Å²) >= 11 is 0. The van der Waals surface area contributed by atoms with Crippen molar-refractivity contribution in [2.24, 2.45) is 0 Å². The SMILES string of the molecule is CCCCCc1ccc(-c2ccc(-c3ccc(C(F)(F)Oc4ccc(-c5cc(F)c(F)c(F)c5)c(F)c4)cc3)c(F)c2F)cc1. The number of benzene rings is 5. The summed E-state index contributed by atoms with van der Waals surface area (Å²) in [7, 11) is 0. The fourth-order valence-electron chi connectivity index (χ4n) is 4.98. The first-order valence-electron chi connectivity index (χ1n) is 14.2. The van der Waals surface area contributed by atoms with Crippen molar-refractivity contribution in [1.82, 2.24) is 0 Å². The Morgan fingerprint density at radius 1 is 0.533 bits per heavy atom. The molecule has 0 heterocycles. The number of hydrogen-bond donors (Lipinski definition) is 0. The van der Waals surface area contributed by atoms with E-state index in [2.05, 4.69) is 6.92 Å². The normalized spacial score (nSPS) is 11.6. The Morgan fingerprint density at radius 3 is 1.60 bits per heavy atom. The van der Waals surface area contributed by atoms with Gasteiger partial charge in [-0.1, -0.05) is 68.3 Å². The molecular weight excluding hydrogens is 600 g/mol. The maximum atomic E-state index is 15.2. The van der Waals surface area contributed by atoms with Crippen LogP contribution >= 0.6 is 0 Å². The van der Waals surface area contributed by atoms with Crippen molar-refractivity contribution < 1.29 is 39.9 Å². The molecule has 0 fully saturated rings. The quantitative estimate of drug-likeness (QED) is 0.0852. The number of hydrogen-bond acceptors (Lipinski definition) is 1. The molecule has 0 aliphatic heterocycles. The van der Waals surface area contributed by atoms with Gasteiger partial charge in [0.1, 0.15) is 11.6 Å². The van der Waals surface area contributed by atoms with Crippen molar-refractivity contribution in [2.45, 2.75) is 38.7 Å². The minimum atomic E-state index is -3.98. The van der Waals surface area contributed by atoms with Gasteiger partial charge >= 0.3 is 6.11 Å². The molecule has 0 atom stereocenters. The van der Waals surface area contributed by atoms with Crippen LogP contribution in [0, 0.1) is 34.9 Å². The first kappa shape index (κ1) is 31.8. The standard InChI is InChI=1S/C36H26F8O/c1-2-3-4-5-21-6-8-22(9-7-21)28-16-17-29(34(41)33(28)40)23-10-12-25(13-11-23)36(43,44)45-26-14-15-27(30(37)20-26)24-18-31(38)35(42)32(39)19-24/h6-20H,2-5H2,1H3. The zero-order chi connectivity index (χ0) is 32.3. The lowest BCUT2D eigenvalue weighted by atomic mass is 9.97. The van der Waals surface area contributed by atoms with Crippen LogP contribution in [0.25, 0.3) is 33.4 Å². The van der Waals surface area contributed by atoms with E-state index in [0.717, 1.165) is 55.5 Å². The highest BCUT2D eigenvalue weighted by atomic mass is 19.3. The number of ether oxygens (including phenoxy) is 1. The molecule has 0 aliphatic carbocycles. The van der Waals surface area contributed by atoms with Crippen molar-refractivity contribution in [1.29, 1.82) is 0 Å². The van der Waals surface area contributed by atoms with Gasteiger partial charge in [-0.2, -0.15) is 8.78 Å². The van der Waals surface area contributed by atoms with Crippen LogP contribution in [-0.4, -0.2) is 0 Å². The molecule has 0 bridgehead atoms. The average molecular weight is 627 g/mol. The minimum Gasteiger partial charge on any atom is -0.429 e. The van der Waals surface area contributed by atoms with Crippen LogP contribution < -0.4 is 4.74 Å². The maximum Gasteiger partial charge on any atom is 0.426 e. The second kappa shape index (κ2) is 13.1. The van der Waals surface area contributed by atoms with Gasteiger partial charge in [0.15, 0.2) is 29.1 Å². The summed E-state index contributed by atoms with van der Waals surface area (Å²) in [6, 6.07) is 18.0. The minimum absolute atomic E-state index is 0.0702. The lowest BCUT2D eigenvalue weighted by Gasteiger charge is -2.19. The predicted molar refractivity (Wildman–Crippen MR) is 157 cm³/mol. The third kappa shape index (κ3) is 6.87. The van der Waals surface area contributed by atoms with Crippen LogP contribution in [0.2, 0.25) is 0 Å². The van der Waals surface area contributed by atoms with Crippen LogP contribution in [0.3, 0.4) is 0 Å². The monoisotopic (exact) mass is 626 g/mol. The third-order valence-corrected chi connectivity index (χ3v) is 7.43. The summed E-state index contributed by atoms with van der Waals surface area (Å²) in [6.45, 7) is 2.11. The molecule has 45 heavy (non-hydrogen) atoms. The lowest BCUT2D eigenvalue weighted by molar-refractivity contribution is -0.185. The van der Waals surface area contributed by atoms with Gasteiger partial charge in [-0.25, -0.2) is 26.3 Å². The molecule has 0 radical (unpaired) electrons. The van der Waals surface area contributed by atoms with Gasteiger partial charge in [0.05, 0.1) is 5.56 Å². The Balaban J connectivity index is 1.32. The molecule has 0 N–H and O–H groups in total. The third-order valence-electron chi connectivity index (χ3n) is 7.43. The second-order valence-corrected chi connectivity index (χ2v) is 10.5. The van der Waals surface area contributed by atoms with Crippen molar-refractivity contribution >= 4 is 0 Å². The molecule has 0 spiro atoms. The van der Waals surface area contributed by atoms with E-state index >= 15 is 8.78 Å². The van der Waals surface area contributed by atoms with E-state index in [1.54, 1.807) is 12.1 Å². The molecule has 0 unspecified atom stereocenters. The number of unbranched alkanes of at least 4 members (excludes halogenated alkanes) is 2. The topological polar surface area (TPSA) is 9.23 Å². The van der Waals surface area contributed by atoms with E-state index in [-0.39, 0.29) is 27.8 Å². The molecule has 9 heteroatoms. The summed E-state index contributed by atoms with van der Waals surface area (Å²) in [5.74, 6) is -8.76. The van der Waals surface area contributed by atoms with Crippen molar-refractivity contribution in [3.63, 3.8) is 0 Å². The van der Waals surface area contributed by atoms with Crippen LogP contribution in [-0.2, 0) is 12.5 Å². The molecule has 0 saturated carbocycles. The molecule has 0 aliphatic rings. The molecule has 232 valence electrons. The number of halogens is 8. The van der Waals surface area contributed by atoms with Gasteiger partial charge < -0.3 is 4.74 Å². The van der Waals surface area contributed by atoms with Crippen LogP contribution in [0.1, 0.15) is 37.3 Å². The predicted octanol–water partition coefficient (Wildman–Crippen LogP) is 11.4. The lowest BCUT2D eigenvalue weighted by Crippen LogP contribution is -2.21. The van der Waals surface area contributed by atoms with Gasteiger partial charge in [-0.3, -0.25) is 0 Å². The van der Waals surface area contributed by atoms with Crippen LogP contribution in [0.5, 0.6) is 5.75 Å². The second-order valence-electron chi connectivity index (χ2n) is 10.5. The number of rotatable bonds is 10. The van der Waals surface area contributed by atoms with Gasteiger partial charge in [0.25, 0.3) is 0 Å². The highest BCUT2D eigenvalue weighted by Crippen LogP contribution is 2.37. The molecule has 5 rings (SSSR count). The summed E-state index contributed by atoms with van der Waals surface area (Å²) in [6.07, 6.45) is 0.171. The zero-order valence-corrected chi connectivity index (χ0v) is 23.9. The van der Waals surface area contributed by atoms with E-state index < -0.39 is 52.3 Å². The van der Waals surface area contributed by atoms with Gasteiger partial charge in [-0.05, 0) is 71.5 Å². The maximum absolute atomic E-state index is 15.2.